The van der Waals surface area contributed by atoms with Crippen molar-refractivity contribution in [2.45, 2.75) is 6.42 Å². The van der Waals surface area contributed by atoms with Crippen LogP contribution in [0.25, 0.3) is 65.7 Å². The molecule has 9 aromatic rings. The molecule has 1 heteroatoms. The maximum Gasteiger partial charge on any atom is 0.0467 e. The molecule has 0 saturated carbocycles. The molecule has 10 rings (SSSR count). The van der Waals surface area contributed by atoms with Crippen LogP contribution in [0, 0.1) is 0 Å². The Morgan fingerprint density at radius 3 is 1.58 bits per heavy atom. The fraction of sp³-hybridized carbons (Fsp3) is 0.0204. The van der Waals surface area contributed by atoms with E-state index in [4.69, 9.17) is 0 Å². The summed E-state index contributed by atoms with van der Waals surface area (Å²) in [5, 5.41) is 7.60. The van der Waals surface area contributed by atoms with E-state index in [0.717, 1.165) is 23.5 Å². The molecule has 1 nitrogen and oxygen atoms in total. The van der Waals surface area contributed by atoms with Crippen LogP contribution in [0.5, 0.6) is 0 Å². The third-order valence-electron chi connectivity index (χ3n) is 10.5. The Labute approximate surface area is 292 Å². The second kappa shape index (κ2) is 11.6. The predicted octanol–water partition coefficient (Wildman–Crippen LogP) is 13.5. The number of anilines is 3. The van der Waals surface area contributed by atoms with Crippen molar-refractivity contribution in [3.05, 3.63) is 199 Å². The SMILES string of the molecule is c1ccc(N(c2ccc(-c3c4ccccc4c(-c4cccc5ccccc45)c4ccccc34)cc2)c2ccc3c(c2)-c2ccccc2C3)cc1. The summed E-state index contributed by atoms with van der Waals surface area (Å²) in [6.07, 6.45) is 0.993. The van der Waals surface area contributed by atoms with E-state index < -0.39 is 0 Å². The molecule has 0 amide bonds. The Morgan fingerprint density at radius 2 is 0.840 bits per heavy atom. The maximum atomic E-state index is 2.38. The molecular weight excluding hydrogens is 603 g/mol. The first-order chi connectivity index (χ1) is 24.8. The van der Waals surface area contributed by atoms with Gasteiger partial charge >= 0.3 is 0 Å². The van der Waals surface area contributed by atoms with Gasteiger partial charge in [-0.25, -0.2) is 0 Å². The number of fused-ring (bicyclic) bond motifs is 6. The van der Waals surface area contributed by atoms with Gasteiger partial charge < -0.3 is 4.90 Å². The first kappa shape index (κ1) is 28.6. The highest BCUT2D eigenvalue weighted by atomic mass is 15.1. The summed E-state index contributed by atoms with van der Waals surface area (Å²) in [5.41, 5.74) is 14.0. The second-order valence-corrected chi connectivity index (χ2v) is 13.3. The van der Waals surface area contributed by atoms with Crippen LogP contribution in [0.4, 0.5) is 17.1 Å². The van der Waals surface area contributed by atoms with Crippen molar-refractivity contribution in [3.63, 3.8) is 0 Å². The Kier molecular flexibility index (Phi) is 6.63. The van der Waals surface area contributed by atoms with Crippen LogP contribution >= 0.6 is 0 Å². The van der Waals surface area contributed by atoms with Crippen LogP contribution in [-0.4, -0.2) is 0 Å². The Morgan fingerprint density at radius 1 is 0.320 bits per heavy atom. The topological polar surface area (TPSA) is 3.24 Å². The molecule has 0 aliphatic heterocycles. The molecule has 0 aromatic heterocycles. The van der Waals surface area contributed by atoms with Crippen LogP contribution in [-0.2, 0) is 6.42 Å². The van der Waals surface area contributed by atoms with Crippen molar-refractivity contribution in [2.24, 2.45) is 0 Å². The summed E-state index contributed by atoms with van der Waals surface area (Å²) in [6.45, 7) is 0. The van der Waals surface area contributed by atoms with Crippen molar-refractivity contribution >= 4 is 49.4 Å². The van der Waals surface area contributed by atoms with Crippen molar-refractivity contribution in [1.29, 1.82) is 0 Å². The van der Waals surface area contributed by atoms with E-state index in [1.165, 1.54) is 76.8 Å². The zero-order valence-corrected chi connectivity index (χ0v) is 27.6. The third-order valence-corrected chi connectivity index (χ3v) is 10.5. The van der Waals surface area contributed by atoms with Gasteiger partial charge in [-0.05, 0) is 120 Å². The fourth-order valence-corrected chi connectivity index (χ4v) is 8.23. The van der Waals surface area contributed by atoms with E-state index in [9.17, 15) is 0 Å². The van der Waals surface area contributed by atoms with Gasteiger partial charge in [-0.15, -0.1) is 0 Å². The molecule has 0 fully saturated rings. The van der Waals surface area contributed by atoms with Gasteiger partial charge in [-0.1, -0.05) is 152 Å². The molecule has 0 heterocycles. The highest BCUT2D eigenvalue weighted by molar-refractivity contribution is 6.23. The maximum absolute atomic E-state index is 2.38. The first-order valence-corrected chi connectivity index (χ1v) is 17.4. The lowest BCUT2D eigenvalue weighted by Crippen LogP contribution is -2.10. The lowest BCUT2D eigenvalue weighted by molar-refractivity contribution is 1.24. The van der Waals surface area contributed by atoms with Crippen LogP contribution in [0.1, 0.15) is 11.1 Å². The Balaban J connectivity index is 1.15. The minimum Gasteiger partial charge on any atom is -0.310 e. The summed E-state index contributed by atoms with van der Waals surface area (Å²) < 4.78 is 0. The molecule has 9 aromatic carbocycles. The zero-order valence-electron chi connectivity index (χ0n) is 27.6. The molecule has 0 unspecified atom stereocenters. The number of benzene rings is 9. The minimum absolute atomic E-state index is 0.993. The van der Waals surface area contributed by atoms with Gasteiger partial charge in [0.15, 0.2) is 0 Å². The van der Waals surface area contributed by atoms with Gasteiger partial charge in [0.05, 0.1) is 0 Å². The lowest BCUT2D eigenvalue weighted by atomic mass is 9.85. The molecule has 50 heavy (non-hydrogen) atoms. The van der Waals surface area contributed by atoms with Gasteiger partial charge in [-0.3, -0.25) is 0 Å². The normalized spacial score (nSPS) is 11.9. The molecule has 0 spiro atoms. The average Bonchev–Trinajstić information content (AvgIpc) is 3.56. The van der Waals surface area contributed by atoms with Crippen molar-refractivity contribution < 1.29 is 0 Å². The summed E-state index contributed by atoms with van der Waals surface area (Å²) in [5.74, 6) is 0. The lowest BCUT2D eigenvalue weighted by Gasteiger charge is -2.26. The zero-order chi connectivity index (χ0) is 33.0. The number of hydrogen-bond acceptors (Lipinski definition) is 1. The second-order valence-electron chi connectivity index (χ2n) is 13.3. The van der Waals surface area contributed by atoms with Gasteiger partial charge in [-0.2, -0.15) is 0 Å². The molecule has 1 aliphatic rings. The smallest absolute Gasteiger partial charge is 0.0467 e. The van der Waals surface area contributed by atoms with Gasteiger partial charge in [0.2, 0.25) is 0 Å². The Bertz CT molecular complexity index is 2660. The molecule has 0 atom stereocenters. The highest BCUT2D eigenvalue weighted by Gasteiger charge is 2.22. The summed E-state index contributed by atoms with van der Waals surface area (Å²) in [7, 11) is 0. The molecule has 0 saturated heterocycles. The van der Waals surface area contributed by atoms with Crippen LogP contribution < -0.4 is 4.90 Å². The average molecular weight is 636 g/mol. The first-order valence-electron chi connectivity index (χ1n) is 17.4. The van der Waals surface area contributed by atoms with Crippen molar-refractivity contribution in [1.82, 2.24) is 0 Å². The van der Waals surface area contributed by atoms with E-state index in [1.54, 1.807) is 0 Å². The monoisotopic (exact) mass is 635 g/mol. The van der Waals surface area contributed by atoms with Gasteiger partial charge in [0.25, 0.3) is 0 Å². The van der Waals surface area contributed by atoms with E-state index in [1.807, 2.05) is 0 Å². The van der Waals surface area contributed by atoms with E-state index in [2.05, 4.69) is 193 Å². The van der Waals surface area contributed by atoms with Crippen LogP contribution in [0.2, 0.25) is 0 Å². The molecule has 0 radical (unpaired) electrons. The van der Waals surface area contributed by atoms with E-state index in [0.29, 0.717) is 0 Å². The molecular formula is C49H33N. The van der Waals surface area contributed by atoms with Gasteiger partial charge in [0, 0.05) is 17.1 Å². The summed E-state index contributed by atoms with van der Waals surface area (Å²) in [6, 6.07) is 68.9. The van der Waals surface area contributed by atoms with Crippen molar-refractivity contribution in [2.75, 3.05) is 4.90 Å². The Hall–Kier alpha value is -6.44. The quantitative estimate of drug-likeness (QED) is 0.170. The standard InChI is InChI=1S/C49H33N/c1-2-16-37(17-3-1)50(39-30-27-36-31-35-14-5-7-19-41(35)47(36)32-39)38-28-25-34(26-29-38)48-43-20-8-10-22-45(43)49(46-23-11-9-21-44(46)48)42-24-12-15-33-13-4-6-18-40(33)42/h1-30,32H,31H2. The van der Waals surface area contributed by atoms with Crippen LogP contribution in [0.3, 0.4) is 0 Å². The van der Waals surface area contributed by atoms with E-state index >= 15 is 0 Å². The number of hydrogen-bond donors (Lipinski definition) is 0. The number of rotatable bonds is 5. The fourth-order valence-electron chi connectivity index (χ4n) is 8.23. The summed E-state index contributed by atoms with van der Waals surface area (Å²) in [4.78, 5) is 2.38. The molecule has 1 aliphatic carbocycles. The van der Waals surface area contributed by atoms with Crippen LogP contribution in [0.15, 0.2) is 188 Å². The third kappa shape index (κ3) is 4.55. The highest BCUT2D eigenvalue weighted by Crippen LogP contribution is 2.46. The molecule has 0 bridgehead atoms. The largest absolute Gasteiger partial charge is 0.310 e. The predicted molar refractivity (Wildman–Crippen MR) is 213 cm³/mol. The number of nitrogens with zero attached hydrogens (tertiary/aromatic N) is 1. The minimum atomic E-state index is 0.993. The molecule has 234 valence electrons. The van der Waals surface area contributed by atoms with E-state index in [-0.39, 0.29) is 0 Å². The molecule has 0 N–H and O–H groups in total. The van der Waals surface area contributed by atoms with Crippen molar-refractivity contribution in [3.8, 4) is 33.4 Å². The van der Waals surface area contributed by atoms with Gasteiger partial charge in [0.1, 0.15) is 0 Å². The summed E-state index contributed by atoms with van der Waals surface area (Å²) >= 11 is 0. The number of para-hydroxylation sites is 1.